The summed E-state index contributed by atoms with van der Waals surface area (Å²) < 4.78 is 13.0. The highest BCUT2D eigenvalue weighted by molar-refractivity contribution is 7.99. The van der Waals surface area contributed by atoms with Crippen LogP contribution in [0.1, 0.15) is 26.3 Å². The van der Waals surface area contributed by atoms with Crippen LogP contribution in [0.25, 0.3) is 0 Å². The summed E-state index contributed by atoms with van der Waals surface area (Å²) in [5.74, 6) is 0.772. The Balaban J connectivity index is 2.77. The summed E-state index contributed by atoms with van der Waals surface area (Å²) in [6.45, 7) is 6.42. The highest BCUT2D eigenvalue weighted by Crippen LogP contribution is 2.22. The smallest absolute Gasteiger partial charge is 0.423 e. The third-order valence-electron chi connectivity index (χ3n) is 2.83. The number of benzene rings is 1. The number of hydrogen-bond acceptors (Lipinski definition) is 3. The first kappa shape index (κ1) is 14.5. The van der Waals surface area contributed by atoms with E-state index >= 15 is 0 Å². The minimum Gasteiger partial charge on any atom is -0.423 e. The van der Waals surface area contributed by atoms with Crippen LogP contribution in [0.5, 0.6) is 0 Å². The van der Waals surface area contributed by atoms with E-state index in [1.165, 1.54) is 12.1 Å². The molecule has 0 spiro atoms. The Morgan fingerprint density at radius 1 is 1.29 bits per heavy atom. The van der Waals surface area contributed by atoms with Gasteiger partial charge in [0.25, 0.3) is 0 Å². The van der Waals surface area contributed by atoms with E-state index in [9.17, 15) is 14.4 Å². The first-order valence-corrected chi connectivity index (χ1v) is 6.72. The quantitative estimate of drug-likeness (QED) is 0.789. The molecule has 0 aromatic heterocycles. The van der Waals surface area contributed by atoms with Gasteiger partial charge in [0.05, 0.1) is 0 Å². The van der Waals surface area contributed by atoms with E-state index in [0.29, 0.717) is 16.9 Å². The molecule has 5 heteroatoms. The SMILES string of the molecule is CC(C)C(C)SCc1ccc(F)cc1B(O)O. The summed E-state index contributed by atoms with van der Waals surface area (Å²) in [5.41, 5.74) is 1.03. The van der Waals surface area contributed by atoms with Gasteiger partial charge in [-0.1, -0.05) is 26.8 Å². The highest BCUT2D eigenvalue weighted by Gasteiger charge is 2.17. The fourth-order valence-corrected chi connectivity index (χ4v) is 2.44. The maximum atomic E-state index is 13.0. The van der Waals surface area contributed by atoms with Gasteiger partial charge in [-0.05, 0) is 29.1 Å². The lowest BCUT2D eigenvalue weighted by atomic mass is 9.77. The van der Waals surface area contributed by atoms with Gasteiger partial charge in [-0.2, -0.15) is 11.8 Å². The van der Waals surface area contributed by atoms with Gasteiger partial charge in [-0.3, -0.25) is 0 Å². The molecule has 0 bridgehead atoms. The van der Waals surface area contributed by atoms with Crippen LogP contribution in [-0.2, 0) is 5.75 Å². The zero-order chi connectivity index (χ0) is 13.0. The number of hydrogen-bond donors (Lipinski definition) is 2. The molecule has 17 heavy (non-hydrogen) atoms. The van der Waals surface area contributed by atoms with Crippen molar-refractivity contribution in [2.75, 3.05) is 0 Å². The zero-order valence-electron chi connectivity index (χ0n) is 10.4. The molecule has 1 rings (SSSR count). The number of thioether (sulfide) groups is 1. The lowest BCUT2D eigenvalue weighted by Gasteiger charge is -2.16. The molecule has 0 saturated heterocycles. The van der Waals surface area contributed by atoms with Gasteiger partial charge in [-0.25, -0.2) is 4.39 Å². The maximum Gasteiger partial charge on any atom is 0.488 e. The Morgan fingerprint density at radius 2 is 1.94 bits per heavy atom. The third-order valence-corrected chi connectivity index (χ3v) is 4.37. The van der Waals surface area contributed by atoms with Crippen molar-refractivity contribution in [3.8, 4) is 0 Å². The molecule has 0 heterocycles. The molecule has 2 nitrogen and oxygen atoms in total. The van der Waals surface area contributed by atoms with Crippen molar-refractivity contribution < 1.29 is 14.4 Å². The van der Waals surface area contributed by atoms with Gasteiger partial charge in [-0.15, -0.1) is 0 Å². The second-order valence-electron chi connectivity index (χ2n) is 4.48. The van der Waals surface area contributed by atoms with Crippen molar-refractivity contribution >= 4 is 24.3 Å². The standard InChI is InChI=1S/C12H18BFO2S/c1-8(2)9(3)17-7-10-4-5-11(14)6-12(10)13(15)16/h4-6,8-9,15-16H,7H2,1-3H3. The van der Waals surface area contributed by atoms with E-state index in [1.807, 2.05) is 0 Å². The van der Waals surface area contributed by atoms with Crippen LogP contribution in [0.15, 0.2) is 18.2 Å². The van der Waals surface area contributed by atoms with E-state index in [1.54, 1.807) is 17.8 Å². The van der Waals surface area contributed by atoms with Crippen LogP contribution in [0.2, 0.25) is 0 Å². The first-order valence-electron chi connectivity index (χ1n) is 5.68. The molecule has 94 valence electrons. The third kappa shape index (κ3) is 4.34. The largest absolute Gasteiger partial charge is 0.488 e. The van der Waals surface area contributed by atoms with Crippen LogP contribution in [0.4, 0.5) is 4.39 Å². The minimum absolute atomic E-state index is 0.258. The zero-order valence-corrected chi connectivity index (χ0v) is 11.2. The molecule has 0 amide bonds. The van der Waals surface area contributed by atoms with Crippen molar-refractivity contribution in [2.24, 2.45) is 5.92 Å². The highest BCUT2D eigenvalue weighted by atomic mass is 32.2. The first-order chi connectivity index (χ1) is 7.91. The van der Waals surface area contributed by atoms with E-state index < -0.39 is 12.9 Å². The Morgan fingerprint density at radius 3 is 2.47 bits per heavy atom. The molecule has 1 aromatic carbocycles. The lowest BCUT2D eigenvalue weighted by Crippen LogP contribution is -2.33. The molecule has 0 aliphatic carbocycles. The molecule has 0 aliphatic heterocycles. The number of rotatable bonds is 5. The molecule has 0 radical (unpaired) electrons. The predicted molar refractivity (Wildman–Crippen MR) is 71.8 cm³/mol. The molecule has 2 N–H and O–H groups in total. The Kier molecular flexibility index (Phi) is 5.50. The molecule has 0 aliphatic rings. The predicted octanol–water partition coefficient (Wildman–Crippen LogP) is 1.78. The lowest BCUT2D eigenvalue weighted by molar-refractivity contribution is 0.425. The summed E-state index contributed by atoms with van der Waals surface area (Å²) in [4.78, 5) is 0. The van der Waals surface area contributed by atoms with E-state index in [0.717, 1.165) is 5.56 Å². The molecular formula is C12H18BFO2S. The maximum absolute atomic E-state index is 13.0. The van der Waals surface area contributed by atoms with Crippen LogP contribution in [-0.4, -0.2) is 22.4 Å². The van der Waals surface area contributed by atoms with Gasteiger partial charge in [0.15, 0.2) is 0 Å². The van der Waals surface area contributed by atoms with E-state index in [2.05, 4.69) is 20.8 Å². The molecule has 1 unspecified atom stereocenters. The van der Waals surface area contributed by atoms with Crippen molar-refractivity contribution in [1.29, 1.82) is 0 Å². The second kappa shape index (κ2) is 6.43. The topological polar surface area (TPSA) is 40.5 Å². The Labute approximate surface area is 106 Å². The van der Waals surface area contributed by atoms with Gasteiger partial charge in [0.2, 0.25) is 0 Å². The molecule has 1 aromatic rings. The van der Waals surface area contributed by atoms with Crippen LogP contribution in [0, 0.1) is 11.7 Å². The normalized spacial score (nSPS) is 12.9. The van der Waals surface area contributed by atoms with Gasteiger partial charge in [0, 0.05) is 11.0 Å². The van der Waals surface area contributed by atoms with E-state index in [-0.39, 0.29) is 5.46 Å². The fourth-order valence-electron chi connectivity index (χ4n) is 1.35. The summed E-state index contributed by atoms with van der Waals surface area (Å²) >= 11 is 1.73. The van der Waals surface area contributed by atoms with Gasteiger partial charge >= 0.3 is 7.12 Å². The summed E-state index contributed by atoms with van der Waals surface area (Å²) in [6, 6.07) is 4.15. The summed E-state index contributed by atoms with van der Waals surface area (Å²) in [6.07, 6.45) is 0. The van der Waals surface area contributed by atoms with Crippen molar-refractivity contribution in [2.45, 2.75) is 31.8 Å². The summed E-state index contributed by atoms with van der Waals surface area (Å²) in [7, 11) is -1.62. The number of halogens is 1. The molecule has 0 fully saturated rings. The average molecular weight is 256 g/mol. The minimum atomic E-state index is -1.62. The van der Waals surface area contributed by atoms with Gasteiger partial charge < -0.3 is 10.0 Å². The molecule has 0 saturated carbocycles. The van der Waals surface area contributed by atoms with Gasteiger partial charge in [0.1, 0.15) is 5.82 Å². The van der Waals surface area contributed by atoms with Crippen LogP contribution >= 0.6 is 11.8 Å². The Hall–Kier alpha value is -0.515. The van der Waals surface area contributed by atoms with Crippen LogP contribution < -0.4 is 5.46 Å². The van der Waals surface area contributed by atoms with Crippen molar-refractivity contribution in [3.05, 3.63) is 29.6 Å². The van der Waals surface area contributed by atoms with Crippen molar-refractivity contribution in [1.82, 2.24) is 0 Å². The summed E-state index contributed by atoms with van der Waals surface area (Å²) in [5, 5.41) is 18.8. The average Bonchev–Trinajstić information content (AvgIpc) is 2.26. The second-order valence-corrected chi connectivity index (χ2v) is 5.84. The fraction of sp³-hybridized carbons (Fsp3) is 0.500. The Bertz CT molecular complexity index is 372. The molecule has 1 atom stereocenters. The van der Waals surface area contributed by atoms with Crippen LogP contribution in [0.3, 0.4) is 0 Å². The monoisotopic (exact) mass is 256 g/mol. The van der Waals surface area contributed by atoms with E-state index in [4.69, 9.17) is 0 Å². The molecular weight excluding hydrogens is 238 g/mol. The van der Waals surface area contributed by atoms with Crippen molar-refractivity contribution in [3.63, 3.8) is 0 Å².